The maximum absolute atomic E-state index is 13.0. The van der Waals surface area contributed by atoms with Gasteiger partial charge in [-0.3, -0.25) is 24.0 Å². The lowest BCUT2D eigenvalue weighted by atomic mass is 10.1. The summed E-state index contributed by atoms with van der Waals surface area (Å²) in [6.07, 6.45) is -0.330. The standard InChI is InChI=1S/C18H29N5O8/c1-9(19)15(27)21-10(4-6-13(20)24)17(29)23-8-2-3-12(23)16(28)22-11(18(30)31)5-7-14(25)26/h9-12H,2-8,19H2,1H3,(H2,20,24)(H,21,27)(H,22,28)(H,25,26)(H,30,31). The minimum absolute atomic E-state index is 0.0895. The van der Waals surface area contributed by atoms with E-state index >= 15 is 0 Å². The van der Waals surface area contributed by atoms with Crippen LogP contribution in [0.5, 0.6) is 0 Å². The van der Waals surface area contributed by atoms with E-state index in [9.17, 15) is 33.9 Å². The van der Waals surface area contributed by atoms with Crippen molar-refractivity contribution in [3.05, 3.63) is 0 Å². The lowest BCUT2D eigenvalue weighted by Crippen LogP contribution is -2.56. The Labute approximate surface area is 178 Å². The van der Waals surface area contributed by atoms with Gasteiger partial charge < -0.3 is 37.2 Å². The Kier molecular flexibility index (Phi) is 9.86. The first-order chi connectivity index (χ1) is 14.4. The van der Waals surface area contributed by atoms with Gasteiger partial charge in [0.15, 0.2) is 0 Å². The van der Waals surface area contributed by atoms with E-state index in [0.717, 1.165) is 0 Å². The van der Waals surface area contributed by atoms with Gasteiger partial charge in [-0.05, 0) is 32.6 Å². The van der Waals surface area contributed by atoms with Crippen molar-refractivity contribution < 1.29 is 39.0 Å². The van der Waals surface area contributed by atoms with Crippen molar-refractivity contribution in [3.8, 4) is 0 Å². The van der Waals surface area contributed by atoms with Gasteiger partial charge in [-0.2, -0.15) is 0 Å². The molecule has 1 saturated heterocycles. The molecule has 174 valence electrons. The summed E-state index contributed by atoms with van der Waals surface area (Å²) >= 11 is 0. The van der Waals surface area contributed by atoms with E-state index in [-0.39, 0.29) is 32.2 Å². The van der Waals surface area contributed by atoms with Crippen LogP contribution in [-0.4, -0.2) is 81.4 Å². The zero-order chi connectivity index (χ0) is 23.7. The van der Waals surface area contributed by atoms with Crippen molar-refractivity contribution in [2.75, 3.05) is 6.54 Å². The molecule has 4 unspecified atom stereocenters. The number of carboxylic acids is 2. The molecule has 0 bridgehead atoms. The normalized spacial score (nSPS) is 18.5. The fourth-order valence-electron chi connectivity index (χ4n) is 3.14. The van der Waals surface area contributed by atoms with Gasteiger partial charge in [-0.1, -0.05) is 0 Å². The largest absolute Gasteiger partial charge is 0.481 e. The second kappa shape index (κ2) is 11.8. The van der Waals surface area contributed by atoms with Gasteiger partial charge >= 0.3 is 11.9 Å². The monoisotopic (exact) mass is 443 g/mol. The zero-order valence-corrected chi connectivity index (χ0v) is 17.2. The smallest absolute Gasteiger partial charge is 0.326 e. The molecule has 1 fully saturated rings. The Hall–Kier alpha value is -3.22. The van der Waals surface area contributed by atoms with Crippen LogP contribution in [0.15, 0.2) is 0 Å². The highest BCUT2D eigenvalue weighted by Crippen LogP contribution is 2.20. The van der Waals surface area contributed by atoms with Crippen LogP contribution in [0.4, 0.5) is 0 Å². The molecule has 13 heteroatoms. The molecule has 1 aliphatic heterocycles. The zero-order valence-electron chi connectivity index (χ0n) is 17.2. The van der Waals surface area contributed by atoms with Gasteiger partial charge in [-0.25, -0.2) is 4.79 Å². The molecule has 0 aliphatic carbocycles. The van der Waals surface area contributed by atoms with Gasteiger partial charge in [0.05, 0.1) is 6.04 Å². The first kappa shape index (κ1) is 25.8. The number of likely N-dealkylation sites (tertiary alicyclic amines) is 1. The number of primary amides is 1. The molecular weight excluding hydrogens is 414 g/mol. The molecule has 0 aromatic heterocycles. The van der Waals surface area contributed by atoms with E-state index in [1.165, 1.54) is 11.8 Å². The van der Waals surface area contributed by atoms with E-state index in [4.69, 9.17) is 16.6 Å². The quantitative estimate of drug-likeness (QED) is 0.187. The van der Waals surface area contributed by atoms with Crippen LogP contribution in [0, 0.1) is 0 Å². The summed E-state index contributed by atoms with van der Waals surface area (Å²) in [7, 11) is 0. The molecule has 13 nitrogen and oxygen atoms in total. The fraction of sp³-hybridized carbons (Fsp3) is 0.667. The van der Waals surface area contributed by atoms with Crippen molar-refractivity contribution in [3.63, 3.8) is 0 Å². The van der Waals surface area contributed by atoms with Crippen molar-refractivity contribution in [2.45, 2.75) is 69.6 Å². The van der Waals surface area contributed by atoms with Crippen LogP contribution >= 0.6 is 0 Å². The van der Waals surface area contributed by atoms with E-state index in [1.807, 2.05) is 0 Å². The number of aliphatic carboxylic acids is 2. The summed E-state index contributed by atoms with van der Waals surface area (Å²) in [5, 5.41) is 22.7. The summed E-state index contributed by atoms with van der Waals surface area (Å²) in [6, 6.07) is -4.47. The highest BCUT2D eigenvalue weighted by Gasteiger charge is 2.39. The highest BCUT2D eigenvalue weighted by molar-refractivity contribution is 5.94. The number of carbonyl (C=O) groups excluding carboxylic acids is 4. The molecular formula is C18H29N5O8. The van der Waals surface area contributed by atoms with Crippen LogP contribution < -0.4 is 22.1 Å². The third-order valence-corrected chi connectivity index (χ3v) is 4.81. The minimum atomic E-state index is -1.43. The molecule has 0 radical (unpaired) electrons. The maximum atomic E-state index is 13.0. The number of hydrogen-bond acceptors (Lipinski definition) is 7. The van der Waals surface area contributed by atoms with E-state index in [1.54, 1.807) is 0 Å². The van der Waals surface area contributed by atoms with Crippen molar-refractivity contribution >= 4 is 35.6 Å². The Morgan fingerprint density at radius 2 is 1.65 bits per heavy atom. The Morgan fingerprint density at radius 1 is 1.03 bits per heavy atom. The summed E-state index contributed by atoms with van der Waals surface area (Å²) in [5.41, 5.74) is 10.6. The van der Waals surface area contributed by atoms with Gasteiger partial charge in [0.25, 0.3) is 0 Å². The third kappa shape index (κ3) is 8.20. The number of hydrogen-bond donors (Lipinski definition) is 6. The van der Waals surface area contributed by atoms with E-state index in [2.05, 4.69) is 10.6 Å². The summed E-state index contributed by atoms with van der Waals surface area (Å²) in [4.78, 5) is 72.0. The van der Waals surface area contributed by atoms with Crippen LogP contribution in [0.25, 0.3) is 0 Å². The van der Waals surface area contributed by atoms with E-state index < -0.39 is 66.2 Å². The lowest BCUT2D eigenvalue weighted by Gasteiger charge is -2.29. The maximum Gasteiger partial charge on any atom is 0.326 e. The summed E-state index contributed by atoms with van der Waals surface area (Å²) in [5.74, 6) is -5.26. The number of amides is 4. The molecule has 8 N–H and O–H groups in total. The molecule has 1 aliphatic rings. The number of nitrogens with two attached hydrogens (primary N) is 2. The van der Waals surface area contributed by atoms with Gasteiger partial charge in [0.2, 0.25) is 23.6 Å². The molecule has 0 aromatic carbocycles. The van der Waals surface area contributed by atoms with Gasteiger partial charge in [0.1, 0.15) is 18.1 Å². The van der Waals surface area contributed by atoms with Crippen molar-refractivity contribution in [1.29, 1.82) is 0 Å². The third-order valence-electron chi connectivity index (χ3n) is 4.81. The Bertz CT molecular complexity index is 726. The molecule has 1 rings (SSSR count). The second-order valence-corrected chi connectivity index (χ2v) is 7.38. The first-order valence-corrected chi connectivity index (χ1v) is 9.83. The summed E-state index contributed by atoms with van der Waals surface area (Å²) < 4.78 is 0. The lowest BCUT2D eigenvalue weighted by molar-refractivity contribution is -0.145. The van der Waals surface area contributed by atoms with Gasteiger partial charge in [-0.15, -0.1) is 0 Å². The average molecular weight is 443 g/mol. The first-order valence-electron chi connectivity index (χ1n) is 9.83. The molecule has 0 saturated carbocycles. The number of nitrogens with one attached hydrogen (secondary N) is 2. The van der Waals surface area contributed by atoms with Gasteiger partial charge in [0, 0.05) is 19.4 Å². The molecule has 4 amide bonds. The predicted molar refractivity (Wildman–Crippen MR) is 105 cm³/mol. The van der Waals surface area contributed by atoms with Crippen molar-refractivity contribution in [1.82, 2.24) is 15.5 Å². The summed E-state index contributed by atoms with van der Waals surface area (Å²) in [6.45, 7) is 1.60. The number of carboxylic acid groups (broad SMARTS) is 2. The SMILES string of the molecule is CC(N)C(=O)NC(CCC(N)=O)C(=O)N1CCCC1C(=O)NC(CCC(=O)O)C(=O)O. The molecule has 31 heavy (non-hydrogen) atoms. The number of nitrogens with zero attached hydrogens (tertiary/aromatic N) is 1. The molecule has 0 spiro atoms. The predicted octanol–water partition coefficient (Wildman–Crippen LogP) is -2.49. The van der Waals surface area contributed by atoms with Crippen molar-refractivity contribution in [2.24, 2.45) is 11.5 Å². The van der Waals surface area contributed by atoms with Crippen LogP contribution in [0.3, 0.4) is 0 Å². The highest BCUT2D eigenvalue weighted by atomic mass is 16.4. The Balaban J connectivity index is 2.93. The Morgan fingerprint density at radius 3 is 2.16 bits per heavy atom. The van der Waals surface area contributed by atoms with Crippen LogP contribution in [-0.2, 0) is 28.8 Å². The number of carbonyl (C=O) groups is 6. The second-order valence-electron chi connectivity index (χ2n) is 7.38. The van der Waals surface area contributed by atoms with E-state index in [0.29, 0.717) is 6.42 Å². The minimum Gasteiger partial charge on any atom is -0.481 e. The van der Waals surface area contributed by atoms with Crippen LogP contribution in [0.2, 0.25) is 0 Å². The van der Waals surface area contributed by atoms with Crippen LogP contribution in [0.1, 0.15) is 45.4 Å². The fourth-order valence-corrected chi connectivity index (χ4v) is 3.14. The average Bonchev–Trinajstić information content (AvgIpc) is 3.16. The molecule has 0 aromatic rings. The molecule has 4 atom stereocenters. The molecule has 1 heterocycles. The topological polar surface area (TPSA) is 222 Å². The number of rotatable bonds is 12.